The number of hydrogen-bond acceptors (Lipinski definition) is 6. The Balaban J connectivity index is 1.16. The molecule has 0 N–H and O–H groups in total. The highest BCUT2D eigenvalue weighted by Crippen LogP contribution is 2.52. The van der Waals surface area contributed by atoms with Gasteiger partial charge < -0.3 is 9.47 Å². The van der Waals surface area contributed by atoms with Gasteiger partial charge in [0.2, 0.25) is 0 Å². The van der Waals surface area contributed by atoms with Crippen molar-refractivity contribution >= 4 is 95.1 Å². The van der Waals surface area contributed by atoms with E-state index in [0.29, 0.717) is 0 Å². The molecule has 0 aliphatic rings. The van der Waals surface area contributed by atoms with E-state index in [1.807, 2.05) is 45.3 Å². The number of thiophene rings is 4. The van der Waals surface area contributed by atoms with Crippen molar-refractivity contribution < 1.29 is 9.47 Å². The van der Waals surface area contributed by atoms with Crippen LogP contribution in [0.3, 0.4) is 0 Å². The second kappa shape index (κ2) is 18.9. The van der Waals surface area contributed by atoms with Gasteiger partial charge >= 0.3 is 0 Å². The van der Waals surface area contributed by atoms with E-state index >= 15 is 0 Å². The number of fused-ring (bicyclic) bond motifs is 10. The summed E-state index contributed by atoms with van der Waals surface area (Å²) in [7, 11) is 0. The van der Waals surface area contributed by atoms with Crippen molar-refractivity contribution in [1.29, 1.82) is 0 Å². The summed E-state index contributed by atoms with van der Waals surface area (Å²) in [6.07, 6.45) is 26.7. The molecule has 4 aromatic heterocycles. The predicted octanol–water partition coefficient (Wildman–Crippen LogP) is 16.3. The summed E-state index contributed by atoms with van der Waals surface area (Å²) < 4.78 is 21.8. The molecule has 6 aromatic rings. The van der Waals surface area contributed by atoms with Crippen LogP contribution in [0.2, 0.25) is 0 Å². The van der Waals surface area contributed by atoms with Gasteiger partial charge in [-0.2, -0.15) is 0 Å². The SMILES string of the molecule is CCCCCCCCCCCCOc1cc2c(cc1OCCCCCCCCCCCC)c1c3sccc3sc1c1sc3ccsc3c21. The summed E-state index contributed by atoms with van der Waals surface area (Å²) in [5.74, 6) is 1.86. The average molecular weight is 721 g/mol. The van der Waals surface area contributed by atoms with Crippen LogP contribution in [0.25, 0.3) is 49.7 Å². The summed E-state index contributed by atoms with van der Waals surface area (Å²) in [5.41, 5.74) is 0. The van der Waals surface area contributed by atoms with Crippen LogP contribution in [0.15, 0.2) is 35.0 Å². The van der Waals surface area contributed by atoms with Gasteiger partial charge in [-0.15, -0.1) is 45.3 Å². The second-order valence-electron chi connectivity index (χ2n) is 13.7. The summed E-state index contributed by atoms with van der Waals surface area (Å²) in [6.45, 7) is 6.11. The Morgan fingerprint density at radius 3 is 1.17 bits per heavy atom. The molecule has 0 atom stereocenters. The third-order valence-corrected chi connectivity index (χ3v) is 14.5. The molecule has 48 heavy (non-hydrogen) atoms. The van der Waals surface area contributed by atoms with Gasteiger partial charge in [0, 0.05) is 20.2 Å². The van der Waals surface area contributed by atoms with Crippen LogP contribution in [0.5, 0.6) is 11.5 Å². The van der Waals surface area contributed by atoms with Crippen molar-refractivity contribution in [2.45, 2.75) is 142 Å². The lowest BCUT2D eigenvalue weighted by atomic mass is 10.0. The minimum atomic E-state index is 0.758. The van der Waals surface area contributed by atoms with E-state index in [1.165, 1.54) is 165 Å². The zero-order valence-corrected chi connectivity index (χ0v) is 32.7. The number of rotatable bonds is 24. The molecular weight excluding hydrogens is 665 g/mol. The number of benzene rings is 2. The number of hydrogen-bond donors (Lipinski definition) is 0. The molecular formula is C42H56O2S4. The summed E-state index contributed by atoms with van der Waals surface area (Å²) >= 11 is 7.67. The Labute approximate surface area is 304 Å². The molecule has 0 radical (unpaired) electrons. The van der Waals surface area contributed by atoms with E-state index < -0.39 is 0 Å². The van der Waals surface area contributed by atoms with Gasteiger partial charge in [0.05, 0.1) is 32.0 Å². The molecule has 0 amide bonds. The molecule has 0 unspecified atom stereocenters. The smallest absolute Gasteiger partial charge is 0.161 e. The molecule has 0 bridgehead atoms. The molecule has 2 aromatic carbocycles. The quantitative estimate of drug-likeness (QED) is 0.0580. The zero-order chi connectivity index (χ0) is 33.0. The van der Waals surface area contributed by atoms with Crippen molar-refractivity contribution in [2.75, 3.05) is 13.2 Å². The van der Waals surface area contributed by atoms with Gasteiger partial charge in [-0.25, -0.2) is 0 Å². The molecule has 0 fully saturated rings. The lowest BCUT2D eigenvalue weighted by Gasteiger charge is -2.16. The molecule has 0 spiro atoms. The highest BCUT2D eigenvalue weighted by molar-refractivity contribution is 7.38. The van der Waals surface area contributed by atoms with E-state index in [9.17, 15) is 0 Å². The maximum atomic E-state index is 6.64. The average Bonchev–Trinajstić information content (AvgIpc) is 3.88. The Morgan fingerprint density at radius 1 is 0.438 bits per heavy atom. The molecule has 4 heterocycles. The topological polar surface area (TPSA) is 18.5 Å². The fourth-order valence-electron chi connectivity index (χ4n) is 7.20. The fraction of sp³-hybridized carbons (Fsp3) is 0.571. The van der Waals surface area contributed by atoms with E-state index in [2.05, 4.69) is 48.9 Å². The fourth-order valence-corrected chi connectivity index (χ4v) is 12.1. The first-order valence-corrected chi connectivity index (χ1v) is 22.6. The zero-order valence-electron chi connectivity index (χ0n) is 29.5. The normalized spacial score (nSPS) is 12.1. The van der Waals surface area contributed by atoms with Gasteiger partial charge in [0.25, 0.3) is 0 Å². The van der Waals surface area contributed by atoms with E-state index in [4.69, 9.17) is 9.47 Å². The van der Waals surface area contributed by atoms with Crippen LogP contribution in [-0.2, 0) is 0 Å². The molecule has 2 nitrogen and oxygen atoms in total. The van der Waals surface area contributed by atoms with Gasteiger partial charge in [-0.1, -0.05) is 129 Å². The first-order valence-electron chi connectivity index (χ1n) is 19.2. The van der Waals surface area contributed by atoms with E-state index in [0.717, 1.165) is 37.6 Å². The van der Waals surface area contributed by atoms with Crippen LogP contribution < -0.4 is 9.47 Å². The van der Waals surface area contributed by atoms with Crippen molar-refractivity contribution in [1.82, 2.24) is 0 Å². The minimum absolute atomic E-state index is 0.758. The first kappa shape index (κ1) is 35.9. The summed E-state index contributed by atoms with van der Waals surface area (Å²) in [5, 5.41) is 9.96. The Kier molecular flexibility index (Phi) is 14.2. The van der Waals surface area contributed by atoms with Crippen molar-refractivity contribution in [3.05, 3.63) is 35.0 Å². The molecule has 6 rings (SSSR count). The molecule has 0 aliphatic carbocycles. The molecule has 0 saturated carbocycles. The molecule has 6 heteroatoms. The van der Waals surface area contributed by atoms with E-state index in [-0.39, 0.29) is 0 Å². The van der Waals surface area contributed by atoms with Crippen molar-refractivity contribution in [3.8, 4) is 11.5 Å². The second-order valence-corrected chi connectivity index (χ2v) is 17.7. The van der Waals surface area contributed by atoms with Gasteiger partial charge in [-0.05, 0) is 58.6 Å². The molecule has 0 aliphatic heterocycles. The Morgan fingerprint density at radius 2 is 0.792 bits per heavy atom. The van der Waals surface area contributed by atoms with Crippen LogP contribution in [0.1, 0.15) is 142 Å². The third-order valence-electron chi connectivity index (χ3n) is 9.93. The first-order chi connectivity index (χ1) is 23.8. The van der Waals surface area contributed by atoms with Crippen LogP contribution in [0, 0.1) is 0 Å². The highest BCUT2D eigenvalue weighted by Gasteiger charge is 2.22. The Bertz CT molecular complexity index is 1700. The van der Waals surface area contributed by atoms with Gasteiger partial charge in [0.1, 0.15) is 0 Å². The lowest BCUT2D eigenvalue weighted by molar-refractivity contribution is 0.259. The lowest BCUT2D eigenvalue weighted by Crippen LogP contribution is -2.03. The maximum Gasteiger partial charge on any atom is 0.161 e. The Hall–Kier alpha value is -1.86. The predicted molar refractivity (Wildman–Crippen MR) is 220 cm³/mol. The van der Waals surface area contributed by atoms with Crippen LogP contribution in [-0.4, -0.2) is 13.2 Å². The van der Waals surface area contributed by atoms with Crippen molar-refractivity contribution in [2.24, 2.45) is 0 Å². The summed E-state index contributed by atoms with van der Waals surface area (Å²) in [6, 6.07) is 9.27. The van der Waals surface area contributed by atoms with Gasteiger partial charge in [-0.3, -0.25) is 0 Å². The maximum absolute atomic E-state index is 6.64. The van der Waals surface area contributed by atoms with E-state index in [1.54, 1.807) is 0 Å². The van der Waals surface area contributed by atoms with Crippen LogP contribution in [0.4, 0.5) is 0 Å². The number of ether oxygens (including phenoxy) is 2. The highest BCUT2D eigenvalue weighted by atomic mass is 32.1. The van der Waals surface area contributed by atoms with Crippen molar-refractivity contribution in [3.63, 3.8) is 0 Å². The largest absolute Gasteiger partial charge is 0.490 e. The van der Waals surface area contributed by atoms with Crippen LogP contribution >= 0.6 is 45.3 Å². The minimum Gasteiger partial charge on any atom is -0.490 e. The molecule has 260 valence electrons. The monoisotopic (exact) mass is 720 g/mol. The standard InChI is InChI=1S/C42H56O2S4/c1-3-5-7-9-11-13-15-17-19-21-25-43-33-29-31-32(30-34(33)44-26-22-20-18-16-14-12-10-8-6-4-2)38-40-36(24-28-46-40)48-42(38)41-37(31)39-35(47-41)23-27-45-39/h23-24,27-30H,3-22,25-26H2,1-2H3. The summed E-state index contributed by atoms with van der Waals surface area (Å²) in [4.78, 5) is 0. The third kappa shape index (κ3) is 8.89. The molecule has 0 saturated heterocycles. The number of unbranched alkanes of at least 4 members (excludes halogenated alkanes) is 18. The van der Waals surface area contributed by atoms with Gasteiger partial charge in [0.15, 0.2) is 11.5 Å².